The Balaban J connectivity index is 1.32. The van der Waals surface area contributed by atoms with Gasteiger partial charge >= 0.3 is 23.9 Å². The largest absolute Gasteiger partial charge is 0.505 e. The van der Waals surface area contributed by atoms with Crippen LogP contribution in [0.5, 0.6) is 57.5 Å². The number of hydrogen-bond donors (Lipinski definition) is 10. The molecule has 9 rings (SSSR count). The molecule has 1 saturated heterocycles. The number of ether oxygens (including phenoxy) is 6. The van der Waals surface area contributed by atoms with E-state index < -0.39 is 170 Å². The number of carbonyl (C=O) groups excluding carboxylic acids is 4. The molecular weight excluding hydrogens is 890 g/mol. The molecule has 0 aliphatic carbocycles. The molecule has 3 aliphatic rings. The van der Waals surface area contributed by atoms with Crippen LogP contribution in [0, 0.1) is 11.3 Å². The zero-order chi connectivity index (χ0) is 47.9. The van der Waals surface area contributed by atoms with Crippen molar-refractivity contribution in [1.82, 2.24) is 9.97 Å². The molecule has 3 aliphatic heterocycles. The molecule has 10 N–H and O–H groups in total. The topological polar surface area (TPSA) is 376 Å². The first-order valence-electron chi connectivity index (χ1n) is 19.3. The van der Waals surface area contributed by atoms with Gasteiger partial charge in [-0.1, -0.05) is 18.7 Å². The third kappa shape index (κ3) is 6.83. The van der Waals surface area contributed by atoms with Crippen molar-refractivity contribution >= 4 is 45.9 Å². The van der Waals surface area contributed by atoms with E-state index in [1.165, 1.54) is 6.07 Å². The molecule has 340 valence electrons. The van der Waals surface area contributed by atoms with Crippen LogP contribution in [-0.4, -0.2) is 129 Å². The molecule has 23 heteroatoms. The highest BCUT2D eigenvalue weighted by atomic mass is 16.7. The zero-order valence-corrected chi connectivity index (χ0v) is 33.5. The van der Waals surface area contributed by atoms with E-state index in [1.807, 2.05) is 0 Å². The molecule has 6 aromatic rings. The normalized spacial score (nSPS) is 20.1. The summed E-state index contributed by atoms with van der Waals surface area (Å²) >= 11 is 0. The lowest BCUT2D eigenvalue weighted by atomic mass is 9.91. The fourth-order valence-electron chi connectivity index (χ4n) is 7.89. The van der Waals surface area contributed by atoms with Gasteiger partial charge in [0.25, 0.3) is 0 Å². The molecule has 67 heavy (non-hydrogen) atoms. The molecule has 5 atom stereocenters. The summed E-state index contributed by atoms with van der Waals surface area (Å²) in [5.41, 5.74) is -7.36. The number of aromatic hydroxyl groups is 10. The van der Waals surface area contributed by atoms with Gasteiger partial charge in [0.2, 0.25) is 17.2 Å². The summed E-state index contributed by atoms with van der Waals surface area (Å²) < 4.78 is 35.1. The minimum atomic E-state index is -2.26. The second kappa shape index (κ2) is 15.8. The monoisotopic (exact) mass is 919 g/mol. The Morgan fingerprint density at radius 1 is 0.597 bits per heavy atom. The fraction of sp³-hybridized carbons (Fsp3) is 0.159. The van der Waals surface area contributed by atoms with Gasteiger partial charge in [-0.15, -0.1) is 0 Å². The van der Waals surface area contributed by atoms with Gasteiger partial charge in [-0.05, 0) is 36.4 Å². The number of cyclic esters (lactones) is 1. The standard InChI is InChI=1S/C44H29N3O20/c1-13(10-45)11-63-44-39-38-37(24(64-44)12-62-40(58)15-7-21(48)30(51)34(55)26(15)28-17(42(60)66-38)9-23(50)32(53)36(28)57)65-41(59)14-6-20-29(47-19-5-3-2-4-18(19)46-20)33(54)25(14)27-16(43(61)67-39)8-22(49)31(52)35(27)56/h2-9,24,37-39,44,48-57H,1,11-12H2/t24-,37-,38+,39-,44-/m1/s1. The average molecular weight is 920 g/mol. The van der Waals surface area contributed by atoms with Gasteiger partial charge in [-0.2, -0.15) is 5.26 Å². The number of carbonyl (C=O) groups is 4. The summed E-state index contributed by atoms with van der Waals surface area (Å²) in [6.07, 6.45) is -10.6. The molecule has 0 unspecified atom stereocenters. The smallest absolute Gasteiger partial charge is 0.339 e. The lowest BCUT2D eigenvalue weighted by Gasteiger charge is -2.44. The van der Waals surface area contributed by atoms with Crippen LogP contribution in [0.3, 0.4) is 0 Å². The number of nitriles is 1. The van der Waals surface area contributed by atoms with Crippen LogP contribution in [0.4, 0.5) is 0 Å². The van der Waals surface area contributed by atoms with Gasteiger partial charge in [0.1, 0.15) is 18.2 Å². The minimum absolute atomic E-state index is 0.177. The van der Waals surface area contributed by atoms with E-state index in [2.05, 4.69) is 16.5 Å². The highest BCUT2D eigenvalue weighted by Crippen LogP contribution is 2.54. The number of hydrogen-bond acceptors (Lipinski definition) is 23. The Morgan fingerprint density at radius 2 is 1.04 bits per heavy atom. The van der Waals surface area contributed by atoms with Crippen LogP contribution >= 0.6 is 0 Å². The highest BCUT2D eigenvalue weighted by molar-refractivity contribution is 6.12. The quantitative estimate of drug-likeness (QED) is 0.0399. The van der Waals surface area contributed by atoms with Gasteiger partial charge in [0.05, 0.1) is 51.5 Å². The van der Waals surface area contributed by atoms with Gasteiger partial charge in [-0.25, -0.2) is 29.1 Å². The molecule has 0 radical (unpaired) electrons. The Kier molecular flexibility index (Phi) is 10.1. The summed E-state index contributed by atoms with van der Waals surface area (Å²) in [4.78, 5) is 67.1. The number of esters is 4. The lowest BCUT2D eigenvalue weighted by molar-refractivity contribution is -0.296. The summed E-state index contributed by atoms with van der Waals surface area (Å²) in [5, 5.41) is 119. The van der Waals surface area contributed by atoms with Gasteiger partial charge in [0.15, 0.2) is 64.8 Å². The van der Waals surface area contributed by atoms with Gasteiger partial charge in [-0.3, -0.25) is 0 Å². The molecule has 1 fully saturated rings. The van der Waals surface area contributed by atoms with Crippen LogP contribution in [-0.2, 0) is 28.4 Å². The fourth-order valence-corrected chi connectivity index (χ4v) is 7.89. The van der Waals surface area contributed by atoms with E-state index in [9.17, 15) is 75.5 Å². The Hall–Kier alpha value is -9.27. The van der Waals surface area contributed by atoms with Crippen molar-refractivity contribution in [3.63, 3.8) is 0 Å². The van der Waals surface area contributed by atoms with Gasteiger partial charge < -0.3 is 79.5 Å². The van der Waals surface area contributed by atoms with Crippen molar-refractivity contribution in [2.75, 3.05) is 13.2 Å². The summed E-state index contributed by atoms with van der Waals surface area (Å²) in [6, 6.07) is 10.7. The van der Waals surface area contributed by atoms with Crippen molar-refractivity contribution in [1.29, 1.82) is 5.26 Å². The van der Waals surface area contributed by atoms with E-state index in [1.54, 1.807) is 24.3 Å². The summed E-state index contributed by atoms with van der Waals surface area (Å²) in [6.45, 7) is 1.76. The van der Waals surface area contributed by atoms with Crippen molar-refractivity contribution < 1.29 is 98.7 Å². The SMILES string of the molecule is C=C(C#N)CO[C@@H]1O[C@@H]2COC(=O)c3cc(O)c(O)c(O)c3-c3c(cc(O)c(O)c3O)C(=O)O[C@@H]3[C@H]1OC(=O)c1cc(O)c(O)c(O)c1-c1c(cc4nc5ccccc5nc4c1O)C(=O)O[C@@H]32. The first kappa shape index (κ1) is 43.0. The molecule has 5 aromatic carbocycles. The second-order valence-corrected chi connectivity index (χ2v) is 15.1. The predicted molar refractivity (Wildman–Crippen MR) is 218 cm³/mol. The Morgan fingerprint density at radius 3 is 1.57 bits per heavy atom. The van der Waals surface area contributed by atoms with Crippen LogP contribution in [0.1, 0.15) is 41.4 Å². The second-order valence-electron chi connectivity index (χ2n) is 15.1. The van der Waals surface area contributed by atoms with Crippen molar-refractivity contribution in [3.8, 4) is 85.8 Å². The maximum Gasteiger partial charge on any atom is 0.339 e. The van der Waals surface area contributed by atoms with E-state index >= 15 is 0 Å². The maximum atomic E-state index is 14.9. The molecule has 4 heterocycles. The van der Waals surface area contributed by atoms with Crippen LogP contribution < -0.4 is 0 Å². The third-order valence-corrected chi connectivity index (χ3v) is 11.0. The third-order valence-electron chi connectivity index (χ3n) is 11.0. The van der Waals surface area contributed by atoms with Gasteiger partial charge in [0, 0.05) is 27.8 Å². The van der Waals surface area contributed by atoms with E-state index in [0.717, 1.165) is 6.07 Å². The van der Waals surface area contributed by atoms with Crippen LogP contribution in [0.2, 0.25) is 0 Å². The van der Waals surface area contributed by atoms with E-state index in [-0.39, 0.29) is 27.6 Å². The molecule has 1 aromatic heterocycles. The Labute approximate surface area is 371 Å². The average Bonchev–Trinajstić information content (AvgIpc) is 3.31. The molecule has 0 amide bonds. The predicted octanol–water partition coefficient (Wildman–Crippen LogP) is 3.45. The first-order chi connectivity index (χ1) is 31.9. The van der Waals surface area contributed by atoms with E-state index in [0.29, 0.717) is 18.2 Å². The van der Waals surface area contributed by atoms with Crippen LogP contribution in [0.15, 0.2) is 60.7 Å². The number of fused-ring (bicyclic) bond motifs is 8. The van der Waals surface area contributed by atoms with Crippen molar-refractivity contribution in [2.24, 2.45) is 0 Å². The molecule has 0 spiro atoms. The van der Waals surface area contributed by atoms with Crippen molar-refractivity contribution in [2.45, 2.75) is 30.7 Å². The first-order valence-corrected chi connectivity index (χ1v) is 19.3. The molecule has 0 saturated carbocycles. The summed E-state index contributed by atoms with van der Waals surface area (Å²) in [7, 11) is 0. The Bertz CT molecular complexity index is 3270. The van der Waals surface area contributed by atoms with Crippen molar-refractivity contribution in [3.05, 3.63) is 82.9 Å². The minimum Gasteiger partial charge on any atom is -0.505 e. The molecule has 4 bridgehead atoms. The number of phenolic OH excluding ortho intramolecular Hbond substituents is 10. The number of phenols is 10. The van der Waals surface area contributed by atoms with E-state index in [4.69, 9.17) is 28.4 Å². The number of aromatic nitrogens is 2. The molecular formula is C44H29N3O20. The number of nitrogens with zero attached hydrogens (tertiary/aromatic N) is 3. The molecule has 23 nitrogen and oxygen atoms in total. The number of para-hydroxylation sites is 2. The van der Waals surface area contributed by atoms with Crippen LogP contribution in [0.25, 0.3) is 44.3 Å². The summed E-state index contributed by atoms with van der Waals surface area (Å²) in [5.74, 6) is -18.6. The zero-order valence-electron chi connectivity index (χ0n) is 33.5. The number of rotatable bonds is 3. The number of benzene rings is 5. The highest BCUT2D eigenvalue weighted by Gasteiger charge is 2.55. The maximum absolute atomic E-state index is 14.9. The lowest BCUT2D eigenvalue weighted by Crippen LogP contribution is -2.63.